The third-order valence-corrected chi connectivity index (χ3v) is 5.70. The van der Waals surface area contributed by atoms with Crippen LogP contribution in [0.1, 0.15) is 16.2 Å². The lowest BCUT2D eigenvalue weighted by molar-refractivity contribution is 0.285. The fraction of sp³-hybridized carbons (Fsp3) is 0.333. The van der Waals surface area contributed by atoms with Gasteiger partial charge in [0.2, 0.25) is 10.0 Å². The highest BCUT2D eigenvalue weighted by Gasteiger charge is 2.23. The molecule has 1 N–H and O–H groups in total. The summed E-state index contributed by atoms with van der Waals surface area (Å²) in [7, 11) is -2.00. The fourth-order valence-corrected chi connectivity index (χ4v) is 3.93. The van der Waals surface area contributed by atoms with E-state index in [9.17, 15) is 8.42 Å². The lowest BCUT2D eigenvalue weighted by atomic mass is 10.3. The molecule has 0 atom stereocenters. The number of rotatable bonds is 5. The van der Waals surface area contributed by atoms with E-state index in [0.717, 1.165) is 5.56 Å². The first-order valence-corrected chi connectivity index (χ1v) is 7.94. The molecular weight excluding hydrogens is 286 g/mol. The highest BCUT2D eigenvalue weighted by molar-refractivity contribution is 7.89. The third-order valence-electron chi connectivity index (χ3n) is 2.85. The van der Waals surface area contributed by atoms with Gasteiger partial charge in [0, 0.05) is 29.4 Å². The zero-order valence-electron chi connectivity index (χ0n) is 10.7. The van der Waals surface area contributed by atoms with Crippen LogP contribution in [-0.2, 0) is 23.2 Å². The molecule has 2 heterocycles. The van der Waals surface area contributed by atoms with Crippen molar-refractivity contribution in [2.45, 2.75) is 25.0 Å². The molecule has 5 nitrogen and oxygen atoms in total. The van der Waals surface area contributed by atoms with Gasteiger partial charge in [-0.15, -0.1) is 11.3 Å². The number of hydrogen-bond acceptors (Lipinski definition) is 5. The summed E-state index contributed by atoms with van der Waals surface area (Å²) in [5.41, 5.74) is 0.837. The molecule has 0 amide bonds. The maximum atomic E-state index is 12.3. The summed E-state index contributed by atoms with van der Waals surface area (Å²) in [5.74, 6) is 0.711. The van der Waals surface area contributed by atoms with E-state index in [0.29, 0.717) is 10.6 Å². The summed E-state index contributed by atoms with van der Waals surface area (Å²) < 4.78 is 31.1. The van der Waals surface area contributed by atoms with Crippen LogP contribution < -0.4 is 0 Å². The van der Waals surface area contributed by atoms with Crippen LogP contribution in [0.5, 0.6) is 0 Å². The van der Waals surface area contributed by atoms with Crippen molar-refractivity contribution in [3.05, 3.63) is 40.0 Å². The standard InChI is InChI=1S/C12H15NO4S2/c1-9-10(3-4-17-9)6-13(2)19(15,16)12-5-11(7-14)18-8-12/h3-5,8,14H,6-7H2,1-2H3. The Kier molecular flexibility index (Phi) is 4.10. The van der Waals surface area contributed by atoms with Crippen LogP contribution in [0.3, 0.4) is 0 Å². The van der Waals surface area contributed by atoms with E-state index >= 15 is 0 Å². The van der Waals surface area contributed by atoms with E-state index in [1.54, 1.807) is 24.6 Å². The van der Waals surface area contributed by atoms with Crippen molar-refractivity contribution >= 4 is 21.4 Å². The van der Waals surface area contributed by atoms with Crippen molar-refractivity contribution in [2.24, 2.45) is 0 Å². The Morgan fingerprint density at radius 2 is 2.21 bits per heavy atom. The average molecular weight is 301 g/mol. The van der Waals surface area contributed by atoms with Crippen LogP contribution in [0.15, 0.2) is 33.1 Å². The van der Waals surface area contributed by atoms with Crippen molar-refractivity contribution in [1.29, 1.82) is 0 Å². The molecule has 104 valence electrons. The average Bonchev–Trinajstić information content (AvgIpc) is 2.99. The normalized spacial score (nSPS) is 12.2. The Balaban J connectivity index is 2.22. The monoisotopic (exact) mass is 301 g/mol. The summed E-state index contributed by atoms with van der Waals surface area (Å²) in [6.45, 7) is 1.91. The molecule has 2 aromatic rings. The molecule has 0 spiro atoms. The van der Waals surface area contributed by atoms with Crippen molar-refractivity contribution < 1.29 is 17.9 Å². The molecule has 7 heteroatoms. The minimum absolute atomic E-state index is 0.148. The van der Waals surface area contributed by atoms with Crippen molar-refractivity contribution in [3.63, 3.8) is 0 Å². The number of aryl methyl sites for hydroxylation is 1. The molecule has 0 bridgehead atoms. The van der Waals surface area contributed by atoms with Gasteiger partial charge in [0.25, 0.3) is 0 Å². The summed E-state index contributed by atoms with van der Waals surface area (Å²) in [5, 5.41) is 10.5. The highest BCUT2D eigenvalue weighted by atomic mass is 32.2. The van der Waals surface area contributed by atoms with Crippen molar-refractivity contribution in [3.8, 4) is 0 Å². The predicted octanol–water partition coefficient (Wildman–Crippen LogP) is 1.96. The van der Waals surface area contributed by atoms with Gasteiger partial charge in [0.15, 0.2) is 0 Å². The van der Waals surface area contributed by atoms with Gasteiger partial charge in [0.05, 0.1) is 17.8 Å². The molecule has 19 heavy (non-hydrogen) atoms. The van der Waals surface area contributed by atoms with Gasteiger partial charge in [-0.2, -0.15) is 4.31 Å². The van der Waals surface area contributed by atoms with Gasteiger partial charge in [-0.3, -0.25) is 0 Å². The minimum Gasteiger partial charge on any atom is -0.469 e. The second-order valence-electron chi connectivity index (χ2n) is 4.17. The Morgan fingerprint density at radius 3 is 2.74 bits per heavy atom. The molecule has 0 aromatic carbocycles. The third kappa shape index (κ3) is 2.89. The first-order valence-electron chi connectivity index (χ1n) is 5.62. The summed E-state index contributed by atoms with van der Waals surface area (Å²) in [6.07, 6.45) is 1.54. The maximum Gasteiger partial charge on any atom is 0.243 e. The number of thiophene rings is 1. The number of aliphatic hydroxyl groups is 1. The van der Waals surface area contributed by atoms with Crippen LogP contribution in [0.4, 0.5) is 0 Å². The maximum absolute atomic E-state index is 12.3. The molecule has 2 rings (SSSR count). The zero-order chi connectivity index (χ0) is 14.0. The minimum atomic E-state index is -3.53. The first-order chi connectivity index (χ1) is 8.95. The van der Waals surface area contributed by atoms with E-state index in [1.165, 1.54) is 28.8 Å². The number of sulfonamides is 1. The van der Waals surface area contributed by atoms with Crippen LogP contribution in [0.2, 0.25) is 0 Å². The van der Waals surface area contributed by atoms with E-state index in [-0.39, 0.29) is 18.0 Å². The molecule has 0 aliphatic rings. The van der Waals surface area contributed by atoms with Gasteiger partial charge in [0.1, 0.15) is 5.76 Å². The first kappa shape index (κ1) is 14.3. The fourth-order valence-electron chi connectivity index (χ4n) is 1.66. The van der Waals surface area contributed by atoms with Crippen LogP contribution in [-0.4, -0.2) is 24.9 Å². The van der Waals surface area contributed by atoms with Gasteiger partial charge in [-0.25, -0.2) is 8.42 Å². The smallest absolute Gasteiger partial charge is 0.243 e. The van der Waals surface area contributed by atoms with Crippen LogP contribution >= 0.6 is 11.3 Å². The summed E-state index contributed by atoms with van der Waals surface area (Å²) in [4.78, 5) is 0.844. The lowest BCUT2D eigenvalue weighted by Gasteiger charge is -2.15. The van der Waals surface area contributed by atoms with E-state index in [2.05, 4.69) is 0 Å². The molecule has 0 aliphatic heterocycles. The van der Waals surface area contributed by atoms with Crippen LogP contribution in [0, 0.1) is 6.92 Å². The molecule has 0 unspecified atom stereocenters. The molecule has 0 saturated heterocycles. The van der Waals surface area contributed by atoms with E-state index < -0.39 is 10.0 Å². The molecule has 0 fully saturated rings. The van der Waals surface area contributed by atoms with Gasteiger partial charge in [-0.05, 0) is 19.1 Å². The second kappa shape index (κ2) is 5.46. The number of nitrogens with zero attached hydrogens (tertiary/aromatic N) is 1. The second-order valence-corrected chi connectivity index (χ2v) is 7.21. The predicted molar refractivity (Wildman–Crippen MR) is 72.3 cm³/mol. The van der Waals surface area contributed by atoms with Crippen molar-refractivity contribution in [1.82, 2.24) is 4.31 Å². The largest absolute Gasteiger partial charge is 0.469 e. The Hall–Kier alpha value is -1.15. The molecule has 0 radical (unpaired) electrons. The van der Waals surface area contributed by atoms with E-state index in [1.807, 2.05) is 0 Å². The topological polar surface area (TPSA) is 70.8 Å². The molecular formula is C12H15NO4S2. The van der Waals surface area contributed by atoms with Gasteiger partial charge in [-0.1, -0.05) is 0 Å². The quantitative estimate of drug-likeness (QED) is 0.916. The number of aliphatic hydroxyl groups excluding tert-OH is 1. The Bertz CT molecular complexity index is 657. The lowest BCUT2D eigenvalue weighted by Crippen LogP contribution is -2.26. The Morgan fingerprint density at radius 1 is 1.47 bits per heavy atom. The van der Waals surface area contributed by atoms with Gasteiger partial charge < -0.3 is 9.52 Å². The summed E-state index contributed by atoms with van der Waals surface area (Å²) >= 11 is 1.23. The zero-order valence-corrected chi connectivity index (χ0v) is 12.3. The SMILES string of the molecule is Cc1occc1CN(C)S(=O)(=O)c1csc(CO)c1. The Labute approximate surface area is 116 Å². The van der Waals surface area contributed by atoms with E-state index in [4.69, 9.17) is 9.52 Å². The van der Waals surface area contributed by atoms with Gasteiger partial charge >= 0.3 is 0 Å². The van der Waals surface area contributed by atoms with Crippen molar-refractivity contribution in [2.75, 3.05) is 7.05 Å². The highest BCUT2D eigenvalue weighted by Crippen LogP contribution is 2.23. The molecule has 0 aliphatic carbocycles. The molecule has 0 saturated carbocycles. The summed E-state index contributed by atoms with van der Waals surface area (Å²) in [6, 6.07) is 3.26. The van der Waals surface area contributed by atoms with Crippen LogP contribution in [0.25, 0.3) is 0 Å². The number of furan rings is 1. The number of hydrogen-bond donors (Lipinski definition) is 1. The molecule has 2 aromatic heterocycles.